The molecule has 1 saturated carbocycles. The highest BCUT2D eigenvalue weighted by Gasteiger charge is 2.47. The van der Waals surface area contributed by atoms with Crippen molar-refractivity contribution < 1.29 is 51.8 Å². The summed E-state index contributed by atoms with van der Waals surface area (Å²) >= 11 is 1.28. The predicted molar refractivity (Wildman–Crippen MR) is 165 cm³/mol. The van der Waals surface area contributed by atoms with Crippen LogP contribution in [0.1, 0.15) is 54.4 Å². The lowest BCUT2D eigenvalue weighted by Crippen LogP contribution is -2.26. The lowest BCUT2D eigenvalue weighted by Gasteiger charge is -2.23. The predicted octanol–water partition coefficient (Wildman–Crippen LogP) is 6.44. The van der Waals surface area contributed by atoms with Gasteiger partial charge in [-0.25, -0.2) is 24.5 Å². The van der Waals surface area contributed by atoms with Gasteiger partial charge in [0.25, 0.3) is 5.69 Å². The lowest BCUT2D eigenvalue weighted by molar-refractivity contribution is -0.384. The van der Waals surface area contributed by atoms with Gasteiger partial charge in [-0.1, -0.05) is 11.8 Å². The molecule has 2 aromatic heterocycles. The Kier molecular flexibility index (Phi) is 11.1. The van der Waals surface area contributed by atoms with Gasteiger partial charge in [-0.2, -0.15) is 0 Å². The summed E-state index contributed by atoms with van der Waals surface area (Å²) in [6.45, 7) is 8.60. The van der Waals surface area contributed by atoms with E-state index in [2.05, 4.69) is 15.0 Å². The van der Waals surface area contributed by atoms with Crippen LogP contribution in [0.15, 0.2) is 46.8 Å². The van der Waals surface area contributed by atoms with Crippen LogP contribution < -0.4 is 0 Å². The van der Waals surface area contributed by atoms with Crippen LogP contribution in [0.4, 0.5) is 15.3 Å². The number of benzene rings is 1. The highest BCUT2D eigenvalue weighted by molar-refractivity contribution is 7.99. The molecule has 4 rings (SSSR count). The number of nitro benzene ring substituents is 1. The van der Waals surface area contributed by atoms with Gasteiger partial charge in [-0.15, -0.1) is 0 Å². The fourth-order valence-corrected chi connectivity index (χ4v) is 5.71. The zero-order valence-electron chi connectivity index (χ0n) is 26.7. The van der Waals surface area contributed by atoms with Crippen LogP contribution in [-0.4, -0.2) is 73.5 Å². The molecule has 17 nitrogen and oxygen atoms in total. The Morgan fingerprint density at radius 3 is 2.04 bits per heavy atom. The summed E-state index contributed by atoms with van der Waals surface area (Å²) in [6.07, 6.45) is 1.52. The number of ether oxygens (including phenoxy) is 5. The van der Waals surface area contributed by atoms with Crippen molar-refractivity contribution in [3.05, 3.63) is 47.0 Å². The maximum absolute atomic E-state index is 13.6. The molecule has 1 aliphatic carbocycles. The van der Waals surface area contributed by atoms with Crippen molar-refractivity contribution in [3.63, 3.8) is 0 Å². The molecule has 0 bridgehead atoms. The molecule has 0 amide bonds. The van der Waals surface area contributed by atoms with Gasteiger partial charge in [0.05, 0.1) is 23.4 Å². The van der Waals surface area contributed by atoms with E-state index < -0.39 is 61.6 Å². The largest absolute Gasteiger partial charge is 0.510 e. The molecular weight excluding hydrogens is 661 g/mol. The third-order valence-electron chi connectivity index (χ3n) is 6.06. The lowest BCUT2D eigenvalue weighted by atomic mass is 10.2. The van der Waals surface area contributed by atoms with E-state index in [0.29, 0.717) is 29.0 Å². The number of nitro groups is 1. The molecule has 3 aromatic rings. The van der Waals surface area contributed by atoms with E-state index in [4.69, 9.17) is 32.7 Å². The minimum Gasteiger partial charge on any atom is -0.429 e. The van der Waals surface area contributed by atoms with Crippen LogP contribution in [0.3, 0.4) is 0 Å². The van der Waals surface area contributed by atoms with Gasteiger partial charge in [0.1, 0.15) is 34.4 Å². The second kappa shape index (κ2) is 14.5. The Hall–Kier alpha value is -3.83. The number of carbonyl (C=O) groups excluding carboxylic acids is 2. The molecule has 19 heteroatoms. The number of rotatable bonds is 14. The quantitative estimate of drug-likeness (QED) is 0.0444. The molecule has 0 unspecified atom stereocenters. The normalized spacial score (nSPS) is 14.4. The van der Waals surface area contributed by atoms with Crippen molar-refractivity contribution in [2.24, 2.45) is 0 Å². The average Bonchev–Trinajstić information content (AvgIpc) is 3.61. The fourth-order valence-electron chi connectivity index (χ4n) is 3.79. The summed E-state index contributed by atoms with van der Waals surface area (Å²) in [5, 5.41) is 11.5. The van der Waals surface area contributed by atoms with Crippen molar-refractivity contribution in [2.75, 3.05) is 19.9 Å². The van der Waals surface area contributed by atoms with Crippen LogP contribution in [0.2, 0.25) is 0 Å². The molecule has 1 aliphatic rings. The maximum atomic E-state index is 13.6. The van der Waals surface area contributed by atoms with Gasteiger partial charge < -0.3 is 28.3 Å². The van der Waals surface area contributed by atoms with E-state index in [1.165, 1.54) is 30.2 Å². The first-order valence-electron chi connectivity index (χ1n) is 14.3. The van der Waals surface area contributed by atoms with Crippen LogP contribution in [-0.2, 0) is 43.8 Å². The molecule has 0 aliphatic heterocycles. The Labute approximate surface area is 274 Å². The van der Waals surface area contributed by atoms with E-state index in [9.17, 15) is 24.3 Å². The minimum absolute atomic E-state index is 0.0207. The van der Waals surface area contributed by atoms with Crippen LogP contribution in [0, 0.1) is 10.1 Å². The SMILES string of the molecule is CC(C)(C)OC(=O)OCOP(=O)(COC1(Cn2cnc3c(Sc4ccc([N+](=O)[O-])cc4)ncnc32)CC1)OCOC(=O)OC(C)(C)C. The number of imidazole rings is 1. The Bertz CT molecular complexity index is 1600. The van der Waals surface area contributed by atoms with Crippen LogP contribution >= 0.6 is 19.4 Å². The summed E-state index contributed by atoms with van der Waals surface area (Å²) in [5.74, 6) is 0. The van der Waals surface area contributed by atoms with Gasteiger partial charge in [-0.05, 0) is 66.5 Å². The summed E-state index contributed by atoms with van der Waals surface area (Å²) in [4.78, 5) is 48.3. The summed E-state index contributed by atoms with van der Waals surface area (Å²) in [5.41, 5.74) is -1.41. The number of non-ortho nitro benzene ring substituents is 1. The minimum atomic E-state index is -4.17. The highest BCUT2D eigenvalue weighted by Crippen LogP contribution is 2.52. The monoisotopic (exact) mass is 697 g/mol. The van der Waals surface area contributed by atoms with Crippen LogP contribution in [0.5, 0.6) is 0 Å². The van der Waals surface area contributed by atoms with E-state index in [-0.39, 0.29) is 12.2 Å². The summed E-state index contributed by atoms with van der Waals surface area (Å²) < 4.78 is 51.9. The number of aromatic nitrogens is 4. The molecule has 0 saturated heterocycles. The molecule has 0 spiro atoms. The number of carbonyl (C=O) groups is 2. The topological polar surface area (TPSA) is 203 Å². The molecular formula is C28H36N5O12PS. The van der Waals surface area contributed by atoms with Gasteiger partial charge >= 0.3 is 19.9 Å². The van der Waals surface area contributed by atoms with Gasteiger partial charge in [-0.3, -0.25) is 23.7 Å². The van der Waals surface area contributed by atoms with E-state index >= 15 is 0 Å². The summed E-state index contributed by atoms with van der Waals surface area (Å²) in [7, 11) is -4.17. The molecule has 1 aromatic carbocycles. The maximum Gasteiger partial charge on any atom is 0.510 e. The van der Waals surface area contributed by atoms with Crippen molar-refractivity contribution in [1.29, 1.82) is 0 Å². The zero-order valence-corrected chi connectivity index (χ0v) is 28.4. The standard InChI is InChI=1S/C28H36N5O12PS/c1-26(2,3)44-24(34)39-16-42-46(38,43-17-40-25(35)45-27(4,5)6)18-41-28(11-12-28)13-32-15-31-21-22(32)29-14-30-23(21)47-20-9-7-19(8-10-20)33(36)37/h7-10,14-15H,11-13,16-18H2,1-6H3. The Morgan fingerprint density at radius 1 is 0.957 bits per heavy atom. The second-order valence-electron chi connectivity index (χ2n) is 12.4. The number of fused-ring (bicyclic) bond motifs is 1. The first kappa shape index (κ1) is 36.0. The van der Waals surface area contributed by atoms with Crippen molar-refractivity contribution >= 4 is 48.5 Å². The van der Waals surface area contributed by atoms with E-state index in [0.717, 1.165) is 4.90 Å². The molecule has 1 fully saturated rings. The van der Waals surface area contributed by atoms with Gasteiger partial charge in [0, 0.05) is 17.0 Å². The average molecular weight is 698 g/mol. The second-order valence-corrected chi connectivity index (χ2v) is 15.4. The smallest absolute Gasteiger partial charge is 0.429 e. The number of nitrogens with zero attached hydrogens (tertiary/aromatic N) is 5. The Morgan fingerprint density at radius 2 is 1.53 bits per heavy atom. The molecule has 2 heterocycles. The van der Waals surface area contributed by atoms with Crippen molar-refractivity contribution in [3.8, 4) is 0 Å². The van der Waals surface area contributed by atoms with Crippen molar-refractivity contribution in [2.45, 2.75) is 87.7 Å². The van der Waals surface area contributed by atoms with Crippen LogP contribution in [0.25, 0.3) is 11.2 Å². The molecule has 256 valence electrons. The molecule has 0 N–H and O–H groups in total. The third-order valence-corrected chi connectivity index (χ3v) is 8.50. The van der Waals surface area contributed by atoms with Gasteiger partial charge in [0.15, 0.2) is 5.65 Å². The highest BCUT2D eigenvalue weighted by atomic mass is 32.2. The molecule has 0 atom stereocenters. The third kappa shape index (κ3) is 11.1. The Balaban J connectivity index is 1.41. The van der Waals surface area contributed by atoms with Crippen molar-refractivity contribution in [1.82, 2.24) is 19.5 Å². The molecule has 47 heavy (non-hydrogen) atoms. The first-order valence-corrected chi connectivity index (χ1v) is 16.8. The zero-order chi connectivity index (χ0) is 34.5. The molecule has 0 radical (unpaired) electrons. The number of hydrogen-bond acceptors (Lipinski definition) is 16. The fraction of sp³-hybridized carbons (Fsp3) is 0.536. The first-order chi connectivity index (χ1) is 21.9. The van der Waals surface area contributed by atoms with Gasteiger partial charge in [0.2, 0.25) is 13.6 Å². The van der Waals surface area contributed by atoms with E-state index in [1.54, 1.807) is 64.6 Å². The summed E-state index contributed by atoms with van der Waals surface area (Å²) in [6, 6.07) is 6.07. The van der Waals surface area contributed by atoms with E-state index in [1.807, 2.05) is 0 Å². The number of hydrogen-bond donors (Lipinski definition) is 0.